The number of carbonyl (C=O) groups is 3. The summed E-state index contributed by atoms with van der Waals surface area (Å²) in [4.78, 5) is 43.2. The highest BCUT2D eigenvalue weighted by Gasteiger charge is 2.54. The second-order valence-electron chi connectivity index (χ2n) is 9.42. The number of likely N-dealkylation sites (N-methyl/N-ethyl adjacent to an activating group) is 1. The maximum absolute atomic E-state index is 13.7. The molecule has 1 aliphatic carbocycles. The van der Waals surface area contributed by atoms with Gasteiger partial charge >= 0.3 is 0 Å². The normalized spacial score (nSPS) is 26.4. The lowest BCUT2D eigenvalue weighted by atomic mass is 9.73. The highest BCUT2D eigenvalue weighted by molar-refractivity contribution is 6.10. The summed E-state index contributed by atoms with van der Waals surface area (Å²) in [5.41, 5.74) is 0.640. The fraction of sp³-hybridized carbons (Fsp3) is 0.640. The highest BCUT2D eigenvalue weighted by atomic mass is 16.5. The van der Waals surface area contributed by atoms with E-state index in [4.69, 9.17) is 4.74 Å². The molecule has 31 heavy (non-hydrogen) atoms. The van der Waals surface area contributed by atoms with Crippen molar-refractivity contribution in [1.29, 1.82) is 0 Å². The van der Waals surface area contributed by atoms with Crippen molar-refractivity contribution < 1.29 is 19.1 Å². The highest BCUT2D eigenvalue weighted by Crippen LogP contribution is 2.42. The van der Waals surface area contributed by atoms with Crippen molar-refractivity contribution in [3.63, 3.8) is 0 Å². The summed E-state index contributed by atoms with van der Waals surface area (Å²) >= 11 is 0. The second-order valence-corrected chi connectivity index (χ2v) is 9.42. The van der Waals surface area contributed by atoms with E-state index in [9.17, 15) is 14.4 Å². The molecule has 1 aromatic rings. The summed E-state index contributed by atoms with van der Waals surface area (Å²) < 4.78 is 5.82. The average molecular weight is 427 g/mol. The van der Waals surface area contributed by atoms with E-state index in [2.05, 4.69) is 0 Å². The molecular weight excluding hydrogens is 392 g/mol. The first-order valence-electron chi connectivity index (χ1n) is 11.7. The SMILES string of the molecule is CCN1C(=O)CC(CC(=O)N(CC2CCC2)CC2CCCO2)(c2ccccc2C)C1=O. The van der Waals surface area contributed by atoms with Crippen LogP contribution in [0.4, 0.5) is 0 Å². The number of hydrogen-bond donors (Lipinski definition) is 0. The van der Waals surface area contributed by atoms with Gasteiger partial charge in [-0.15, -0.1) is 0 Å². The number of nitrogens with zero attached hydrogens (tertiary/aromatic N) is 2. The summed E-state index contributed by atoms with van der Waals surface area (Å²) in [7, 11) is 0. The van der Waals surface area contributed by atoms with Gasteiger partial charge < -0.3 is 9.64 Å². The van der Waals surface area contributed by atoms with Crippen LogP contribution in [0.3, 0.4) is 0 Å². The molecule has 6 heteroatoms. The summed E-state index contributed by atoms with van der Waals surface area (Å²) in [6.45, 7) is 6.15. The molecule has 4 rings (SSSR count). The Morgan fingerprint density at radius 2 is 1.94 bits per heavy atom. The Balaban J connectivity index is 1.63. The van der Waals surface area contributed by atoms with Crippen LogP contribution >= 0.6 is 0 Å². The predicted molar refractivity (Wildman–Crippen MR) is 117 cm³/mol. The van der Waals surface area contributed by atoms with Crippen molar-refractivity contribution in [2.75, 3.05) is 26.2 Å². The second kappa shape index (κ2) is 9.11. The van der Waals surface area contributed by atoms with Gasteiger partial charge in [0.1, 0.15) is 0 Å². The van der Waals surface area contributed by atoms with Gasteiger partial charge in [0.25, 0.3) is 0 Å². The van der Waals surface area contributed by atoms with Crippen molar-refractivity contribution in [2.45, 2.75) is 70.3 Å². The molecule has 0 radical (unpaired) electrons. The van der Waals surface area contributed by atoms with Gasteiger partial charge in [0.15, 0.2) is 0 Å². The van der Waals surface area contributed by atoms with Crippen molar-refractivity contribution in [3.8, 4) is 0 Å². The number of aryl methyl sites for hydroxylation is 1. The lowest BCUT2D eigenvalue weighted by molar-refractivity contribution is -0.143. The van der Waals surface area contributed by atoms with Crippen LogP contribution in [0, 0.1) is 12.8 Å². The Labute approximate surface area is 184 Å². The third-order valence-electron chi connectivity index (χ3n) is 7.34. The number of hydrogen-bond acceptors (Lipinski definition) is 4. The minimum absolute atomic E-state index is 0.0373. The molecule has 2 atom stereocenters. The van der Waals surface area contributed by atoms with E-state index in [1.165, 1.54) is 11.3 Å². The van der Waals surface area contributed by atoms with Crippen molar-refractivity contribution >= 4 is 17.7 Å². The zero-order valence-corrected chi connectivity index (χ0v) is 18.8. The summed E-state index contributed by atoms with van der Waals surface area (Å²) in [5.74, 6) is 0.0779. The Hall–Kier alpha value is -2.21. The van der Waals surface area contributed by atoms with E-state index in [1.54, 1.807) is 0 Å². The molecular formula is C25H34N2O4. The Bertz CT molecular complexity index is 844. The molecule has 1 aromatic carbocycles. The monoisotopic (exact) mass is 426 g/mol. The van der Waals surface area contributed by atoms with Crippen LogP contribution in [0.15, 0.2) is 24.3 Å². The maximum Gasteiger partial charge on any atom is 0.240 e. The molecule has 6 nitrogen and oxygen atoms in total. The number of carbonyl (C=O) groups excluding carboxylic acids is 3. The van der Waals surface area contributed by atoms with Crippen molar-refractivity contribution in [3.05, 3.63) is 35.4 Å². The molecule has 2 aliphatic heterocycles. The lowest BCUT2D eigenvalue weighted by Gasteiger charge is -2.36. The number of benzene rings is 1. The number of amides is 3. The number of likely N-dealkylation sites (tertiary alicyclic amines) is 1. The van der Waals surface area contributed by atoms with E-state index in [1.807, 2.05) is 43.0 Å². The first-order chi connectivity index (χ1) is 14.9. The van der Waals surface area contributed by atoms with Gasteiger partial charge in [-0.25, -0.2) is 0 Å². The summed E-state index contributed by atoms with van der Waals surface area (Å²) in [6.07, 6.45) is 5.70. The molecule has 0 aromatic heterocycles. The molecule has 0 bridgehead atoms. The van der Waals surface area contributed by atoms with E-state index >= 15 is 0 Å². The largest absolute Gasteiger partial charge is 0.376 e. The maximum atomic E-state index is 13.7. The van der Waals surface area contributed by atoms with E-state index in [0.717, 1.165) is 50.0 Å². The molecule has 2 heterocycles. The Morgan fingerprint density at radius 3 is 2.52 bits per heavy atom. The van der Waals surface area contributed by atoms with Gasteiger partial charge in [0.2, 0.25) is 17.7 Å². The molecule has 0 spiro atoms. The zero-order chi connectivity index (χ0) is 22.0. The zero-order valence-electron chi connectivity index (χ0n) is 18.8. The predicted octanol–water partition coefficient (Wildman–Crippen LogP) is 3.21. The quantitative estimate of drug-likeness (QED) is 0.599. The molecule has 3 fully saturated rings. The number of rotatable bonds is 8. The minimum Gasteiger partial charge on any atom is -0.376 e. The van der Waals surface area contributed by atoms with Gasteiger partial charge in [0, 0.05) is 39.1 Å². The van der Waals surface area contributed by atoms with Crippen molar-refractivity contribution in [1.82, 2.24) is 9.80 Å². The molecule has 2 unspecified atom stereocenters. The fourth-order valence-electron chi connectivity index (χ4n) is 5.34. The molecule has 0 N–H and O–H groups in total. The van der Waals surface area contributed by atoms with Crippen molar-refractivity contribution in [2.24, 2.45) is 5.92 Å². The molecule has 2 saturated heterocycles. The van der Waals surface area contributed by atoms with Gasteiger partial charge in [-0.1, -0.05) is 30.7 Å². The molecule has 1 saturated carbocycles. The summed E-state index contributed by atoms with van der Waals surface area (Å²) in [5, 5.41) is 0. The van der Waals surface area contributed by atoms with Crippen LogP contribution in [0.2, 0.25) is 0 Å². The van der Waals surface area contributed by atoms with Gasteiger partial charge in [0.05, 0.1) is 11.5 Å². The molecule has 168 valence electrons. The van der Waals surface area contributed by atoms with Crippen LogP contribution in [-0.4, -0.2) is 59.9 Å². The third kappa shape index (κ3) is 4.27. The van der Waals surface area contributed by atoms with Gasteiger partial charge in [-0.3, -0.25) is 19.3 Å². The lowest BCUT2D eigenvalue weighted by Crippen LogP contribution is -2.47. The minimum atomic E-state index is -1.11. The average Bonchev–Trinajstić information content (AvgIpc) is 3.30. The number of ether oxygens (including phenoxy) is 1. The molecule has 3 aliphatic rings. The topological polar surface area (TPSA) is 66.9 Å². The third-order valence-corrected chi connectivity index (χ3v) is 7.34. The van der Waals surface area contributed by atoms with Gasteiger partial charge in [-0.2, -0.15) is 0 Å². The van der Waals surface area contributed by atoms with Crippen LogP contribution in [0.1, 0.15) is 63.0 Å². The van der Waals surface area contributed by atoms with E-state index < -0.39 is 5.41 Å². The van der Waals surface area contributed by atoms with Crippen LogP contribution in [0.25, 0.3) is 0 Å². The van der Waals surface area contributed by atoms with Crippen LogP contribution in [-0.2, 0) is 24.5 Å². The Kier molecular flexibility index (Phi) is 6.47. The molecule has 3 amide bonds. The van der Waals surface area contributed by atoms with E-state index in [-0.39, 0.29) is 36.7 Å². The first kappa shape index (κ1) is 22.0. The first-order valence-corrected chi connectivity index (χ1v) is 11.7. The van der Waals surface area contributed by atoms with Crippen LogP contribution < -0.4 is 0 Å². The standard InChI is InChI=1S/C25H34N2O4/c1-3-27-23(29)15-25(24(27)30,21-12-5-4-8-18(21)2)14-22(28)26(16-19-9-6-10-19)17-20-11-7-13-31-20/h4-5,8,12,19-20H,3,6-7,9-11,13-17H2,1-2H3. The smallest absolute Gasteiger partial charge is 0.240 e. The van der Waals surface area contributed by atoms with E-state index in [0.29, 0.717) is 19.0 Å². The van der Waals surface area contributed by atoms with Crippen LogP contribution in [0.5, 0.6) is 0 Å². The number of imide groups is 1. The van der Waals surface area contributed by atoms with Gasteiger partial charge in [-0.05, 0) is 56.6 Å². The Morgan fingerprint density at radius 1 is 1.16 bits per heavy atom. The fourth-order valence-corrected chi connectivity index (χ4v) is 5.34. The summed E-state index contributed by atoms with van der Waals surface area (Å²) in [6, 6.07) is 7.67.